The highest BCUT2D eigenvalue weighted by Crippen LogP contribution is 2.22. The molecule has 1 amide bonds. The highest BCUT2D eigenvalue weighted by molar-refractivity contribution is 9.10. The molecule has 0 aliphatic rings. The third-order valence-corrected chi connectivity index (χ3v) is 3.52. The molecular weight excluding hydrogens is 346 g/mol. The summed E-state index contributed by atoms with van der Waals surface area (Å²) in [7, 11) is 0. The van der Waals surface area contributed by atoms with Gasteiger partial charge in [-0.1, -0.05) is 28.9 Å². The monoisotopic (exact) mass is 363 g/mol. The first-order valence-electron chi connectivity index (χ1n) is 6.96. The van der Waals surface area contributed by atoms with Gasteiger partial charge in [-0.05, 0) is 36.7 Å². The van der Waals surface area contributed by atoms with Crippen molar-refractivity contribution >= 4 is 21.8 Å². The van der Waals surface area contributed by atoms with Crippen molar-refractivity contribution < 1.29 is 9.53 Å². The first-order valence-corrected chi connectivity index (χ1v) is 7.75. The van der Waals surface area contributed by atoms with Crippen molar-refractivity contribution in [2.75, 3.05) is 13.1 Å². The molecule has 5 nitrogen and oxygen atoms in total. The Balaban J connectivity index is 1.96. The molecule has 2 rings (SSSR count). The molecule has 6 heteroatoms. The zero-order valence-electron chi connectivity index (χ0n) is 12.3. The number of ether oxygens (including phenoxy) is 1. The Bertz CT molecular complexity index is 632. The lowest BCUT2D eigenvalue weighted by atomic mass is 10.2. The first-order chi connectivity index (χ1) is 10.6. The minimum atomic E-state index is -0.165. The van der Waals surface area contributed by atoms with E-state index < -0.39 is 0 Å². The van der Waals surface area contributed by atoms with E-state index in [-0.39, 0.29) is 11.8 Å². The number of rotatable bonds is 6. The van der Waals surface area contributed by atoms with E-state index in [1.54, 1.807) is 12.1 Å². The van der Waals surface area contributed by atoms with Crippen LogP contribution in [0.4, 0.5) is 0 Å². The number of pyridine rings is 1. The van der Waals surface area contributed by atoms with Crippen LogP contribution in [0.5, 0.6) is 11.6 Å². The molecule has 0 aliphatic carbocycles. The predicted octanol–water partition coefficient (Wildman–Crippen LogP) is 2.96. The molecule has 0 saturated carbocycles. The van der Waals surface area contributed by atoms with Gasteiger partial charge in [0, 0.05) is 23.3 Å². The smallest absolute Gasteiger partial charge is 0.252 e. The van der Waals surface area contributed by atoms with Crippen molar-refractivity contribution in [3.63, 3.8) is 0 Å². The largest absolute Gasteiger partial charge is 0.439 e. The van der Waals surface area contributed by atoms with Crippen LogP contribution >= 0.6 is 15.9 Å². The zero-order chi connectivity index (χ0) is 15.9. The summed E-state index contributed by atoms with van der Waals surface area (Å²) in [5.41, 5.74) is 6.01. The Morgan fingerprint density at radius 3 is 2.86 bits per heavy atom. The summed E-state index contributed by atoms with van der Waals surface area (Å²) in [6.45, 7) is 3.07. The molecule has 1 aromatic carbocycles. The zero-order valence-corrected chi connectivity index (χ0v) is 13.8. The van der Waals surface area contributed by atoms with E-state index >= 15 is 0 Å². The molecule has 1 heterocycles. The van der Waals surface area contributed by atoms with Crippen LogP contribution in [0.2, 0.25) is 0 Å². The fourth-order valence-corrected chi connectivity index (χ4v) is 2.06. The summed E-state index contributed by atoms with van der Waals surface area (Å²) in [6, 6.07) is 10.8. The van der Waals surface area contributed by atoms with Gasteiger partial charge in [-0.15, -0.1) is 0 Å². The number of aromatic nitrogens is 1. The topological polar surface area (TPSA) is 77.2 Å². The Morgan fingerprint density at radius 2 is 2.23 bits per heavy atom. The molecule has 0 aliphatic heterocycles. The van der Waals surface area contributed by atoms with Gasteiger partial charge in [-0.25, -0.2) is 4.98 Å². The van der Waals surface area contributed by atoms with E-state index in [0.29, 0.717) is 30.3 Å². The van der Waals surface area contributed by atoms with E-state index in [0.717, 1.165) is 4.47 Å². The van der Waals surface area contributed by atoms with Gasteiger partial charge in [0.2, 0.25) is 5.88 Å². The van der Waals surface area contributed by atoms with Gasteiger partial charge in [0.05, 0.1) is 5.56 Å². The van der Waals surface area contributed by atoms with Crippen LogP contribution < -0.4 is 15.8 Å². The molecule has 1 unspecified atom stereocenters. The third kappa shape index (κ3) is 4.82. The Labute approximate surface area is 138 Å². The molecule has 0 fully saturated rings. The molecule has 0 radical (unpaired) electrons. The van der Waals surface area contributed by atoms with Gasteiger partial charge in [0.15, 0.2) is 0 Å². The highest BCUT2D eigenvalue weighted by atomic mass is 79.9. The maximum atomic E-state index is 11.9. The molecule has 0 saturated heterocycles. The number of carbonyl (C=O) groups excluding carboxylic acids is 1. The fourth-order valence-electron chi connectivity index (χ4n) is 1.68. The summed E-state index contributed by atoms with van der Waals surface area (Å²) < 4.78 is 6.55. The summed E-state index contributed by atoms with van der Waals surface area (Å²) in [6.07, 6.45) is 1.50. The number of halogens is 1. The van der Waals surface area contributed by atoms with Gasteiger partial charge in [-0.3, -0.25) is 4.79 Å². The fraction of sp³-hybridized carbons (Fsp3) is 0.250. The number of hydrogen-bond acceptors (Lipinski definition) is 4. The number of hydrogen-bond donors (Lipinski definition) is 2. The van der Waals surface area contributed by atoms with Crippen LogP contribution in [0.25, 0.3) is 0 Å². The lowest BCUT2D eigenvalue weighted by molar-refractivity contribution is 0.0948. The number of amides is 1. The van der Waals surface area contributed by atoms with E-state index in [2.05, 4.69) is 26.2 Å². The van der Waals surface area contributed by atoms with Crippen LogP contribution in [0, 0.1) is 5.92 Å². The Morgan fingerprint density at radius 1 is 1.41 bits per heavy atom. The van der Waals surface area contributed by atoms with E-state index in [9.17, 15) is 4.79 Å². The summed E-state index contributed by atoms with van der Waals surface area (Å²) in [5.74, 6) is 1.19. The van der Waals surface area contributed by atoms with Gasteiger partial charge < -0.3 is 15.8 Å². The number of carbonyl (C=O) groups is 1. The third-order valence-electron chi connectivity index (χ3n) is 3.03. The van der Waals surface area contributed by atoms with Crippen LogP contribution in [0.1, 0.15) is 17.3 Å². The second-order valence-corrected chi connectivity index (χ2v) is 5.91. The van der Waals surface area contributed by atoms with Crippen molar-refractivity contribution in [2.24, 2.45) is 11.7 Å². The summed E-state index contributed by atoms with van der Waals surface area (Å²) >= 11 is 3.38. The maximum Gasteiger partial charge on any atom is 0.252 e. The van der Waals surface area contributed by atoms with E-state index in [4.69, 9.17) is 10.5 Å². The quantitative estimate of drug-likeness (QED) is 0.826. The number of benzene rings is 1. The molecule has 2 aromatic rings. The van der Waals surface area contributed by atoms with E-state index in [1.165, 1.54) is 6.20 Å². The number of nitrogens with zero attached hydrogens (tertiary/aromatic N) is 1. The van der Waals surface area contributed by atoms with Crippen LogP contribution in [-0.2, 0) is 0 Å². The lowest BCUT2D eigenvalue weighted by Crippen LogP contribution is -2.31. The summed E-state index contributed by atoms with van der Waals surface area (Å²) in [4.78, 5) is 16.1. The van der Waals surface area contributed by atoms with Crippen molar-refractivity contribution in [1.29, 1.82) is 0 Å². The lowest BCUT2D eigenvalue weighted by Gasteiger charge is -2.10. The van der Waals surface area contributed by atoms with Crippen LogP contribution in [0.15, 0.2) is 47.1 Å². The van der Waals surface area contributed by atoms with Crippen molar-refractivity contribution in [1.82, 2.24) is 10.3 Å². The molecule has 0 bridgehead atoms. The molecule has 22 heavy (non-hydrogen) atoms. The molecule has 116 valence electrons. The highest BCUT2D eigenvalue weighted by Gasteiger charge is 2.08. The second kappa shape index (κ2) is 7.91. The van der Waals surface area contributed by atoms with E-state index in [1.807, 2.05) is 31.2 Å². The average molecular weight is 364 g/mol. The average Bonchev–Trinajstić information content (AvgIpc) is 2.53. The first kappa shape index (κ1) is 16.5. The standard InChI is InChI=1S/C16H18BrN3O2/c1-11(8-18)9-20-16(21)12-5-6-15(19-10-12)22-14-4-2-3-13(17)7-14/h2-7,10-11H,8-9,18H2,1H3,(H,20,21). The Kier molecular flexibility index (Phi) is 5.91. The van der Waals surface area contributed by atoms with Crippen LogP contribution in [0.3, 0.4) is 0 Å². The van der Waals surface area contributed by atoms with Crippen molar-refractivity contribution in [3.8, 4) is 11.6 Å². The molecule has 1 atom stereocenters. The Hall–Kier alpha value is -1.92. The maximum absolute atomic E-state index is 11.9. The van der Waals surface area contributed by atoms with Crippen molar-refractivity contribution in [2.45, 2.75) is 6.92 Å². The van der Waals surface area contributed by atoms with Crippen molar-refractivity contribution in [3.05, 3.63) is 52.6 Å². The molecule has 1 aromatic heterocycles. The SMILES string of the molecule is CC(CN)CNC(=O)c1ccc(Oc2cccc(Br)c2)nc1. The number of nitrogens with one attached hydrogen (secondary N) is 1. The molecule has 0 spiro atoms. The van der Waals surface area contributed by atoms with Gasteiger partial charge in [0.25, 0.3) is 5.91 Å². The van der Waals surface area contributed by atoms with Gasteiger partial charge in [-0.2, -0.15) is 0 Å². The normalized spacial score (nSPS) is 11.8. The minimum Gasteiger partial charge on any atom is -0.439 e. The molecule has 3 N–H and O–H groups in total. The number of nitrogens with two attached hydrogens (primary N) is 1. The predicted molar refractivity (Wildman–Crippen MR) is 89.0 cm³/mol. The summed E-state index contributed by atoms with van der Waals surface area (Å²) in [5, 5.41) is 2.82. The van der Waals surface area contributed by atoms with Gasteiger partial charge >= 0.3 is 0 Å². The second-order valence-electron chi connectivity index (χ2n) is 5.00. The van der Waals surface area contributed by atoms with Crippen LogP contribution in [-0.4, -0.2) is 24.0 Å². The minimum absolute atomic E-state index is 0.165. The van der Waals surface area contributed by atoms with Gasteiger partial charge in [0.1, 0.15) is 5.75 Å². The molecular formula is C16H18BrN3O2.